The Bertz CT molecular complexity index is 1060. The Morgan fingerprint density at radius 1 is 1.22 bits per heavy atom. The van der Waals surface area contributed by atoms with Crippen molar-refractivity contribution in [3.05, 3.63) is 44.3 Å². The van der Waals surface area contributed by atoms with Crippen LogP contribution in [0.4, 0.5) is 10.2 Å². The summed E-state index contributed by atoms with van der Waals surface area (Å²) in [4.78, 5) is 23.2. The van der Waals surface area contributed by atoms with Crippen molar-refractivity contribution in [2.45, 2.75) is 38.6 Å². The minimum Gasteiger partial charge on any atom is -0.382 e. The fourth-order valence-electron chi connectivity index (χ4n) is 3.58. The first kappa shape index (κ1) is 18.1. The first-order chi connectivity index (χ1) is 12.9. The number of nitrogens with two attached hydrogens (primary N) is 2. The van der Waals surface area contributed by atoms with E-state index >= 15 is 0 Å². The highest BCUT2D eigenvalue weighted by atomic mass is 127. The third kappa shape index (κ3) is 3.47. The van der Waals surface area contributed by atoms with Gasteiger partial charge in [0.05, 0.1) is 0 Å². The summed E-state index contributed by atoms with van der Waals surface area (Å²) in [6.07, 6.45) is 3.10. The van der Waals surface area contributed by atoms with Crippen molar-refractivity contribution < 1.29 is 9.18 Å². The van der Waals surface area contributed by atoms with E-state index in [0.717, 1.165) is 22.0 Å². The number of aryl methyl sites for hydroxylation is 3. The van der Waals surface area contributed by atoms with Gasteiger partial charge in [-0.25, -0.2) is 4.98 Å². The molecule has 2 aromatic heterocycles. The number of benzene rings is 1. The van der Waals surface area contributed by atoms with Gasteiger partial charge in [-0.3, -0.25) is 4.79 Å². The third-order valence-electron chi connectivity index (χ3n) is 4.86. The molecule has 0 saturated heterocycles. The SMILES string of the molecule is NC(=O)CCn1c(Cc2cc3c(cc2I)CCC3)nc2c(N)nc(F)nc21. The summed E-state index contributed by atoms with van der Waals surface area (Å²) in [5, 5.41) is 0. The van der Waals surface area contributed by atoms with Crippen molar-refractivity contribution in [1.82, 2.24) is 19.5 Å². The molecule has 1 aromatic carbocycles. The minimum atomic E-state index is -0.918. The molecular weight excluding hydrogens is 462 g/mol. The lowest BCUT2D eigenvalue weighted by molar-refractivity contribution is -0.118. The zero-order chi connectivity index (χ0) is 19.1. The van der Waals surface area contributed by atoms with Gasteiger partial charge in [0, 0.05) is 23.0 Å². The van der Waals surface area contributed by atoms with E-state index in [4.69, 9.17) is 11.5 Å². The van der Waals surface area contributed by atoms with E-state index in [1.165, 1.54) is 17.5 Å². The number of rotatable bonds is 5. The number of aromatic nitrogens is 4. The van der Waals surface area contributed by atoms with Crippen LogP contribution in [0.1, 0.15) is 35.4 Å². The third-order valence-corrected chi connectivity index (χ3v) is 5.87. The number of halogens is 2. The van der Waals surface area contributed by atoms with Gasteiger partial charge in [-0.2, -0.15) is 14.4 Å². The highest BCUT2D eigenvalue weighted by molar-refractivity contribution is 14.1. The highest BCUT2D eigenvalue weighted by Crippen LogP contribution is 2.29. The molecule has 3 aromatic rings. The predicted octanol–water partition coefficient (Wildman–Crippen LogP) is 2.11. The average molecular weight is 480 g/mol. The quantitative estimate of drug-likeness (QED) is 0.429. The van der Waals surface area contributed by atoms with Gasteiger partial charge in [0.15, 0.2) is 17.0 Å². The van der Waals surface area contributed by atoms with Gasteiger partial charge in [0.25, 0.3) is 0 Å². The van der Waals surface area contributed by atoms with Crippen molar-refractivity contribution in [3.8, 4) is 0 Å². The Morgan fingerprint density at radius 2 is 1.96 bits per heavy atom. The van der Waals surface area contributed by atoms with Crippen LogP contribution in [0, 0.1) is 9.65 Å². The Labute approximate surface area is 168 Å². The second-order valence-electron chi connectivity index (χ2n) is 6.69. The van der Waals surface area contributed by atoms with Crippen molar-refractivity contribution in [3.63, 3.8) is 0 Å². The number of primary amides is 1. The number of fused-ring (bicyclic) bond motifs is 2. The van der Waals surface area contributed by atoms with Crippen LogP contribution in [-0.2, 0) is 30.6 Å². The van der Waals surface area contributed by atoms with Gasteiger partial charge in [-0.1, -0.05) is 6.07 Å². The number of hydrogen-bond donors (Lipinski definition) is 2. The summed E-state index contributed by atoms with van der Waals surface area (Å²) >= 11 is 2.33. The van der Waals surface area contributed by atoms with Crippen molar-refractivity contribution >= 4 is 45.5 Å². The lowest BCUT2D eigenvalue weighted by Crippen LogP contribution is -2.16. The maximum Gasteiger partial charge on any atom is 0.312 e. The van der Waals surface area contributed by atoms with Crippen molar-refractivity contribution in [1.29, 1.82) is 0 Å². The molecule has 4 rings (SSSR count). The molecule has 1 aliphatic carbocycles. The molecule has 7 nitrogen and oxygen atoms in total. The fraction of sp³-hybridized carbons (Fsp3) is 0.333. The van der Waals surface area contributed by atoms with Gasteiger partial charge >= 0.3 is 6.08 Å². The Hall–Kier alpha value is -2.30. The first-order valence-corrected chi connectivity index (χ1v) is 9.77. The molecule has 0 spiro atoms. The van der Waals surface area contributed by atoms with Crippen LogP contribution in [0.3, 0.4) is 0 Å². The summed E-state index contributed by atoms with van der Waals surface area (Å²) in [7, 11) is 0. The molecular formula is C18H18FIN6O. The van der Waals surface area contributed by atoms with Gasteiger partial charge in [-0.15, -0.1) is 0 Å². The minimum absolute atomic E-state index is 0.0137. The zero-order valence-corrected chi connectivity index (χ0v) is 16.7. The normalized spacial score (nSPS) is 13.3. The van der Waals surface area contributed by atoms with Crippen molar-refractivity contribution in [2.75, 3.05) is 5.73 Å². The van der Waals surface area contributed by atoms with E-state index in [2.05, 4.69) is 49.7 Å². The number of carbonyl (C=O) groups excluding carboxylic acids is 1. The van der Waals surface area contributed by atoms with Crippen LogP contribution in [0.2, 0.25) is 0 Å². The summed E-state index contributed by atoms with van der Waals surface area (Å²) in [6, 6.07) is 4.44. The number of nitrogen functional groups attached to an aromatic ring is 1. The molecule has 0 saturated carbocycles. The van der Waals surface area contributed by atoms with Gasteiger partial charge < -0.3 is 16.0 Å². The summed E-state index contributed by atoms with van der Waals surface area (Å²) in [5.41, 5.74) is 15.7. The molecule has 0 atom stereocenters. The number of imidazole rings is 1. The molecule has 0 fully saturated rings. The largest absolute Gasteiger partial charge is 0.382 e. The van der Waals surface area contributed by atoms with E-state index in [-0.39, 0.29) is 24.4 Å². The lowest BCUT2D eigenvalue weighted by atomic mass is 10.0. The zero-order valence-electron chi connectivity index (χ0n) is 14.5. The number of anilines is 1. The van der Waals surface area contributed by atoms with Gasteiger partial charge in [-0.05, 0) is 64.6 Å². The van der Waals surface area contributed by atoms with E-state index in [1.807, 2.05) is 0 Å². The van der Waals surface area contributed by atoms with E-state index in [1.54, 1.807) is 4.57 Å². The van der Waals surface area contributed by atoms with E-state index in [9.17, 15) is 9.18 Å². The Kier molecular flexibility index (Phi) is 4.70. The van der Waals surface area contributed by atoms with Crippen LogP contribution in [0.25, 0.3) is 11.2 Å². The van der Waals surface area contributed by atoms with E-state index < -0.39 is 12.0 Å². The second kappa shape index (κ2) is 7.02. The summed E-state index contributed by atoms with van der Waals surface area (Å²) < 4.78 is 16.6. The molecule has 4 N–H and O–H groups in total. The van der Waals surface area contributed by atoms with Crippen LogP contribution >= 0.6 is 22.6 Å². The van der Waals surface area contributed by atoms with Crippen LogP contribution in [-0.4, -0.2) is 25.4 Å². The fourth-order valence-corrected chi connectivity index (χ4v) is 4.30. The molecule has 9 heteroatoms. The number of nitrogens with zero attached hydrogens (tertiary/aromatic N) is 4. The topological polar surface area (TPSA) is 113 Å². The second-order valence-corrected chi connectivity index (χ2v) is 7.85. The van der Waals surface area contributed by atoms with Gasteiger partial charge in [0.2, 0.25) is 5.91 Å². The molecule has 140 valence electrons. The number of carbonyl (C=O) groups is 1. The molecule has 2 heterocycles. The Balaban J connectivity index is 1.80. The molecule has 0 aliphatic heterocycles. The van der Waals surface area contributed by atoms with Crippen molar-refractivity contribution in [2.24, 2.45) is 5.73 Å². The summed E-state index contributed by atoms with van der Waals surface area (Å²) in [5.74, 6) is 0.200. The number of hydrogen-bond acceptors (Lipinski definition) is 5. The number of amides is 1. The molecule has 27 heavy (non-hydrogen) atoms. The van der Waals surface area contributed by atoms with Gasteiger partial charge in [0.1, 0.15) is 5.82 Å². The molecule has 1 aliphatic rings. The molecule has 0 unspecified atom stereocenters. The van der Waals surface area contributed by atoms with E-state index in [0.29, 0.717) is 17.8 Å². The van der Waals surface area contributed by atoms with Crippen LogP contribution in [0.5, 0.6) is 0 Å². The maximum absolute atomic E-state index is 13.7. The lowest BCUT2D eigenvalue weighted by Gasteiger charge is -2.11. The Morgan fingerprint density at radius 3 is 2.70 bits per heavy atom. The maximum atomic E-state index is 13.7. The van der Waals surface area contributed by atoms with Crippen LogP contribution < -0.4 is 11.5 Å². The predicted molar refractivity (Wildman–Crippen MR) is 107 cm³/mol. The summed E-state index contributed by atoms with van der Waals surface area (Å²) in [6.45, 7) is 0.262. The first-order valence-electron chi connectivity index (χ1n) is 8.69. The van der Waals surface area contributed by atoms with Crippen LogP contribution in [0.15, 0.2) is 12.1 Å². The average Bonchev–Trinajstić information content (AvgIpc) is 3.17. The standard InChI is InChI=1S/C18H18FIN6O/c19-18-24-16(22)15-17(25-18)26(5-4-13(21)27)14(23-15)8-11-6-9-2-1-3-10(9)7-12(11)20/h6-7H,1-5,8H2,(H2,21,27)(H2,22,24,25). The molecule has 0 radical (unpaired) electrons. The molecule has 1 amide bonds. The molecule has 0 bridgehead atoms. The monoisotopic (exact) mass is 480 g/mol. The smallest absolute Gasteiger partial charge is 0.312 e. The highest BCUT2D eigenvalue weighted by Gasteiger charge is 2.20.